The molecule has 0 aliphatic heterocycles. The lowest BCUT2D eigenvalue weighted by atomic mass is 10.3. The van der Waals surface area contributed by atoms with E-state index in [2.05, 4.69) is 17.2 Å². The molecule has 1 aromatic heterocycles. The van der Waals surface area contributed by atoms with E-state index in [0.29, 0.717) is 6.61 Å². The van der Waals surface area contributed by atoms with Gasteiger partial charge in [-0.3, -0.25) is 0 Å². The molecule has 1 atom stereocenters. The van der Waals surface area contributed by atoms with Crippen LogP contribution in [0.1, 0.15) is 18.8 Å². The molecule has 0 bridgehead atoms. The molecular weight excluding hydrogens is 166 g/mol. The Balaban J connectivity index is 2.69. The van der Waals surface area contributed by atoms with Crippen molar-refractivity contribution in [1.82, 2.24) is 14.9 Å². The molecule has 13 heavy (non-hydrogen) atoms. The number of hydrogen-bond donors (Lipinski definition) is 1. The summed E-state index contributed by atoms with van der Waals surface area (Å²) < 4.78 is 7.13. The molecule has 0 spiro atoms. The van der Waals surface area contributed by atoms with E-state index >= 15 is 0 Å². The first-order chi connectivity index (χ1) is 6.29. The predicted octanol–water partition coefficient (Wildman–Crippen LogP) is 0.717. The van der Waals surface area contributed by atoms with Gasteiger partial charge in [0.1, 0.15) is 5.82 Å². The van der Waals surface area contributed by atoms with Crippen LogP contribution in [0.3, 0.4) is 0 Å². The second kappa shape index (κ2) is 4.99. The monoisotopic (exact) mass is 183 g/mol. The smallest absolute Gasteiger partial charge is 0.127 e. The van der Waals surface area contributed by atoms with Crippen molar-refractivity contribution >= 4 is 0 Å². The maximum absolute atomic E-state index is 5.12. The maximum Gasteiger partial charge on any atom is 0.127 e. The fourth-order valence-electron chi connectivity index (χ4n) is 1.35. The number of methoxy groups -OCH3 is 1. The lowest BCUT2D eigenvalue weighted by molar-refractivity contribution is 0.163. The van der Waals surface area contributed by atoms with E-state index in [4.69, 9.17) is 4.74 Å². The van der Waals surface area contributed by atoms with Crippen LogP contribution < -0.4 is 5.32 Å². The second-order valence-corrected chi connectivity index (χ2v) is 2.96. The van der Waals surface area contributed by atoms with Crippen LogP contribution in [-0.4, -0.2) is 29.8 Å². The summed E-state index contributed by atoms with van der Waals surface area (Å²) in [6.45, 7) is 3.64. The number of likely N-dealkylation sites (N-methyl/N-ethyl adjacent to an activating group) is 1. The van der Waals surface area contributed by atoms with Gasteiger partial charge in [-0.05, 0) is 6.54 Å². The van der Waals surface area contributed by atoms with E-state index in [1.165, 1.54) is 0 Å². The lowest BCUT2D eigenvalue weighted by Gasteiger charge is -2.16. The zero-order chi connectivity index (χ0) is 9.68. The molecule has 0 saturated carbocycles. The van der Waals surface area contributed by atoms with Gasteiger partial charge in [0.2, 0.25) is 0 Å². The number of imidazole rings is 1. The molecular formula is C9H17N3O. The Bertz CT molecular complexity index is 241. The molecule has 0 amide bonds. The number of nitrogens with zero attached hydrogens (tertiary/aromatic N) is 2. The fourth-order valence-corrected chi connectivity index (χ4v) is 1.35. The van der Waals surface area contributed by atoms with Crippen LogP contribution in [0, 0.1) is 0 Å². The molecule has 1 rings (SSSR count). The summed E-state index contributed by atoms with van der Waals surface area (Å²) in [4.78, 5) is 4.27. The maximum atomic E-state index is 5.12. The molecule has 74 valence electrons. The molecule has 0 fully saturated rings. The molecule has 1 unspecified atom stereocenters. The van der Waals surface area contributed by atoms with Crippen LogP contribution in [-0.2, 0) is 11.8 Å². The zero-order valence-corrected chi connectivity index (χ0v) is 8.45. The third-order valence-corrected chi connectivity index (χ3v) is 1.95. The van der Waals surface area contributed by atoms with Crippen molar-refractivity contribution in [2.75, 3.05) is 20.3 Å². The van der Waals surface area contributed by atoms with Crippen LogP contribution >= 0.6 is 0 Å². The third kappa shape index (κ3) is 2.54. The van der Waals surface area contributed by atoms with Crippen LogP contribution in [0.4, 0.5) is 0 Å². The number of nitrogens with one attached hydrogen (secondary N) is 1. The summed E-state index contributed by atoms with van der Waals surface area (Å²) >= 11 is 0. The highest BCUT2D eigenvalue weighted by Crippen LogP contribution is 2.09. The number of aryl methyl sites for hydroxylation is 1. The van der Waals surface area contributed by atoms with Gasteiger partial charge in [0, 0.05) is 26.6 Å². The Morgan fingerprint density at radius 1 is 1.69 bits per heavy atom. The van der Waals surface area contributed by atoms with Crippen LogP contribution in [0.5, 0.6) is 0 Å². The molecule has 1 aromatic rings. The van der Waals surface area contributed by atoms with Gasteiger partial charge in [-0.2, -0.15) is 0 Å². The van der Waals surface area contributed by atoms with E-state index in [1.54, 1.807) is 13.3 Å². The van der Waals surface area contributed by atoms with E-state index in [-0.39, 0.29) is 6.04 Å². The number of rotatable bonds is 5. The average Bonchev–Trinajstić information content (AvgIpc) is 2.51. The standard InChI is InChI=1S/C9H17N3O/c1-4-10-8(7-13-3)9-11-5-6-12(9)2/h5-6,8,10H,4,7H2,1-3H3. The SMILES string of the molecule is CCNC(COC)c1nccn1C. The van der Waals surface area contributed by atoms with E-state index in [9.17, 15) is 0 Å². The molecule has 0 aliphatic carbocycles. The Morgan fingerprint density at radius 2 is 2.46 bits per heavy atom. The predicted molar refractivity (Wildman–Crippen MR) is 51.5 cm³/mol. The number of aromatic nitrogens is 2. The molecule has 1 N–H and O–H groups in total. The molecule has 0 aromatic carbocycles. The fraction of sp³-hybridized carbons (Fsp3) is 0.667. The Kier molecular flexibility index (Phi) is 3.92. The zero-order valence-electron chi connectivity index (χ0n) is 8.45. The van der Waals surface area contributed by atoms with Crippen LogP contribution in [0.15, 0.2) is 12.4 Å². The lowest BCUT2D eigenvalue weighted by Crippen LogP contribution is -2.27. The molecule has 0 radical (unpaired) electrons. The number of hydrogen-bond acceptors (Lipinski definition) is 3. The van der Waals surface area contributed by atoms with Crippen molar-refractivity contribution in [2.24, 2.45) is 7.05 Å². The van der Waals surface area contributed by atoms with Gasteiger partial charge in [0.05, 0.1) is 12.6 Å². The van der Waals surface area contributed by atoms with Crippen LogP contribution in [0.25, 0.3) is 0 Å². The van der Waals surface area contributed by atoms with Crippen molar-refractivity contribution in [3.8, 4) is 0 Å². The van der Waals surface area contributed by atoms with E-state index < -0.39 is 0 Å². The Morgan fingerprint density at radius 3 is 2.92 bits per heavy atom. The van der Waals surface area contributed by atoms with Gasteiger partial charge >= 0.3 is 0 Å². The first-order valence-electron chi connectivity index (χ1n) is 4.49. The Hall–Kier alpha value is -0.870. The van der Waals surface area contributed by atoms with Gasteiger partial charge in [-0.1, -0.05) is 6.92 Å². The summed E-state index contributed by atoms with van der Waals surface area (Å²) in [5.41, 5.74) is 0. The second-order valence-electron chi connectivity index (χ2n) is 2.96. The summed E-state index contributed by atoms with van der Waals surface area (Å²) in [6, 6.07) is 0.190. The highest BCUT2D eigenvalue weighted by Gasteiger charge is 2.13. The van der Waals surface area contributed by atoms with Crippen molar-refractivity contribution in [3.63, 3.8) is 0 Å². The van der Waals surface area contributed by atoms with Crippen molar-refractivity contribution in [1.29, 1.82) is 0 Å². The van der Waals surface area contributed by atoms with Gasteiger partial charge in [0.15, 0.2) is 0 Å². The quantitative estimate of drug-likeness (QED) is 0.731. The first-order valence-corrected chi connectivity index (χ1v) is 4.49. The van der Waals surface area contributed by atoms with Gasteiger partial charge in [0.25, 0.3) is 0 Å². The largest absolute Gasteiger partial charge is 0.383 e. The molecule has 0 saturated heterocycles. The highest BCUT2D eigenvalue weighted by molar-refractivity contribution is 4.98. The Labute approximate surface area is 78.9 Å². The topological polar surface area (TPSA) is 39.1 Å². The van der Waals surface area contributed by atoms with Gasteiger partial charge < -0.3 is 14.6 Å². The van der Waals surface area contributed by atoms with Crippen LogP contribution in [0.2, 0.25) is 0 Å². The molecule has 4 nitrogen and oxygen atoms in total. The minimum Gasteiger partial charge on any atom is -0.383 e. The van der Waals surface area contributed by atoms with Gasteiger partial charge in [-0.15, -0.1) is 0 Å². The third-order valence-electron chi connectivity index (χ3n) is 1.95. The summed E-state index contributed by atoms with van der Waals surface area (Å²) in [6.07, 6.45) is 3.74. The highest BCUT2D eigenvalue weighted by atomic mass is 16.5. The van der Waals surface area contributed by atoms with Crippen molar-refractivity contribution in [2.45, 2.75) is 13.0 Å². The molecule has 1 heterocycles. The van der Waals surface area contributed by atoms with E-state index in [1.807, 2.05) is 17.8 Å². The molecule has 0 aliphatic rings. The van der Waals surface area contributed by atoms with Gasteiger partial charge in [-0.25, -0.2) is 4.98 Å². The molecule has 4 heteroatoms. The normalized spacial score (nSPS) is 13.2. The van der Waals surface area contributed by atoms with E-state index in [0.717, 1.165) is 12.4 Å². The minimum atomic E-state index is 0.190. The van der Waals surface area contributed by atoms with Crippen molar-refractivity contribution < 1.29 is 4.74 Å². The minimum absolute atomic E-state index is 0.190. The summed E-state index contributed by atoms with van der Waals surface area (Å²) in [7, 11) is 3.69. The average molecular weight is 183 g/mol. The summed E-state index contributed by atoms with van der Waals surface area (Å²) in [5, 5.41) is 3.32. The number of ether oxygens (including phenoxy) is 1. The summed E-state index contributed by atoms with van der Waals surface area (Å²) in [5.74, 6) is 1.02. The first kappa shape index (κ1) is 10.2. The van der Waals surface area contributed by atoms with Crippen molar-refractivity contribution in [3.05, 3.63) is 18.2 Å².